The number of carbonyl (C=O) groups is 1. The van der Waals surface area contributed by atoms with Crippen molar-refractivity contribution in [2.75, 3.05) is 6.54 Å². The van der Waals surface area contributed by atoms with Gasteiger partial charge in [0.15, 0.2) is 21.0 Å². The number of aryl methyl sites for hydroxylation is 1. The lowest BCUT2D eigenvalue weighted by molar-refractivity contribution is -0.122. The number of aromatic nitrogens is 1. The quantitative estimate of drug-likeness (QED) is 0.284. The highest BCUT2D eigenvalue weighted by atomic mass is 32.2. The Balaban J connectivity index is 1.45. The van der Waals surface area contributed by atoms with Crippen LogP contribution in [0.3, 0.4) is 0 Å². The number of sulfone groups is 1. The fraction of sp³-hybridized carbons (Fsp3) is 0.259. The monoisotopic (exact) mass is 507 g/mol. The number of hydrogen-bond acceptors (Lipinski definition) is 7. The van der Waals surface area contributed by atoms with E-state index in [9.17, 15) is 18.3 Å². The number of nitrogens with zero attached hydrogens (tertiary/aromatic N) is 1. The molecule has 36 heavy (non-hydrogen) atoms. The Bertz CT molecular complexity index is 1370. The molecule has 4 rings (SSSR count). The zero-order valence-corrected chi connectivity index (χ0v) is 20.5. The van der Waals surface area contributed by atoms with Gasteiger partial charge in [-0.05, 0) is 36.1 Å². The number of oxazole rings is 1. The standard InChI is InChI=1S/C27H29N3O5S/c28-24(36(33,34)18-21-11-5-2-6-12-21)17-25(31)29-19-27(32,16-15-20-9-3-1-4-10-20)26-30-22-13-7-8-14-23(22)35-26/h1-14,24,32H,15-19,28H2,(H,29,31). The van der Waals surface area contributed by atoms with Gasteiger partial charge in [0.1, 0.15) is 10.9 Å². The largest absolute Gasteiger partial charge is 0.437 e. The number of benzene rings is 3. The maximum absolute atomic E-state index is 12.7. The van der Waals surface area contributed by atoms with Gasteiger partial charge in [-0.2, -0.15) is 0 Å². The number of hydrogen-bond donors (Lipinski definition) is 3. The molecule has 1 heterocycles. The predicted molar refractivity (Wildman–Crippen MR) is 137 cm³/mol. The molecule has 0 spiro atoms. The average molecular weight is 508 g/mol. The lowest BCUT2D eigenvalue weighted by Crippen LogP contribution is -2.44. The molecule has 1 amide bonds. The number of carbonyl (C=O) groups excluding carboxylic acids is 1. The molecule has 0 saturated heterocycles. The smallest absolute Gasteiger partial charge is 0.229 e. The van der Waals surface area contributed by atoms with Crippen molar-refractivity contribution in [1.82, 2.24) is 10.3 Å². The molecule has 0 saturated carbocycles. The minimum absolute atomic E-state index is 0.0842. The fourth-order valence-electron chi connectivity index (χ4n) is 3.88. The van der Waals surface area contributed by atoms with Gasteiger partial charge in [0.25, 0.3) is 0 Å². The fourth-order valence-corrected chi connectivity index (χ4v) is 5.15. The van der Waals surface area contributed by atoms with Gasteiger partial charge in [-0.3, -0.25) is 4.79 Å². The minimum Gasteiger partial charge on any atom is -0.437 e. The summed E-state index contributed by atoms with van der Waals surface area (Å²) in [6, 6.07) is 25.4. The summed E-state index contributed by atoms with van der Waals surface area (Å²) >= 11 is 0. The second-order valence-electron chi connectivity index (χ2n) is 8.82. The molecule has 4 aromatic rings. The number of aliphatic hydroxyl groups is 1. The zero-order chi connectivity index (χ0) is 25.6. The van der Waals surface area contributed by atoms with Crippen molar-refractivity contribution < 1.29 is 22.7 Å². The molecule has 9 heteroatoms. The lowest BCUT2D eigenvalue weighted by Gasteiger charge is -2.25. The highest BCUT2D eigenvalue weighted by molar-refractivity contribution is 7.91. The number of fused-ring (bicyclic) bond motifs is 1. The van der Waals surface area contributed by atoms with E-state index in [1.165, 1.54) is 0 Å². The van der Waals surface area contributed by atoms with Gasteiger partial charge >= 0.3 is 0 Å². The Hall–Kier alpha value is -3.53. The van der Waals surface area contributed by atoms with Crippen LogP contribution in [0.4, 0.5) is 0 Å². The van der Waals surface area contributed by atoms with Crippen LogP contribution in [0.1, 0.15) is 29.9 Å². The Labute approximate surface area is 210 Å². The van der Waals surface area contributed by atoms with Gasteiger partial charge in [-0.1, -0.05) is 72.8 Å². The molecule has 0 bridgehead atoms. The van der Waals surface area contributed by atoms with Gasteiger partial charge in [0.2, 0.25) is 11.8 Å². The minimum atomic E-state index is -3.75. The molecular weight excluding hydrogens is 478 g/mol. The van der Waals surface area contributed by atoms with Crippen LogP contribution in [0.2, 0.25) is 0 Å². The molecule has 0 aliphatic heterocycles. The van der Waals surface area contributed by atoms with Crippen molar-refractivity contribution in [3.8, 4) is 0 Å². The summed E-state index contributed by atoms with van der Waals surface area (Å²) in [7, 11) is -3.75. The van der Waals surface area contributed by atoms with Crippen LogP contribution in [0.15, 0.2) is 89.3 Å². The van der Waals surface area contributed by atoms with Crippen molar-refractivity contribution in [2.24, 2.45) is 5.73 Å². The molecule has 2 atom stereocenters. The van der Waals surface area contributed by atoms with Crippen LogP contribution in [0.25, 0.3) is 11.1 Å². The number of nitrogens with two attached hydrogens (primary N) is 1. The molecule has 4 N–H and O–H groups in total. The Kier molecular flexibility index (Phi) is 7.83. The summed E-state index contributed by atoms with van der Waals surface area (Å²) in [5.41, 5.74) is 6.99. The van der Waals surface area contributed by atoms with Crippen LogP contribution in [-0.4, -0.2) is 36.3 Å². The first kappa shape index (κ1) is 25.6. The third-order valence-corrected chi connectivity index (χ3v) is 7.82. The second-order valence-corrected chi connectivity index (χ2v) is 11.0. The molecule has 188 valence electrons. The van der Waals surface area contributed by atoms with Crippen LogP contribution in [-0.2, 0) is 32.4 Å². The molecule has 2 unspecified atom stereocenters. The third kappa shape index (κ3) is 6.37. The number of rotatable bonds is 11. The van der Waals surface area contributed by atoms with Gasteiger partial charge in [0.05, 0.1) is 18.7 Å². The summed E-state index contributed by atoms with van der Waals surface area (Å²) in [5.74, 6) is -0.763. The maximum Gasteiger partial charge on any atom is 0.229 e. The zero-order valence-electron chi connectivity index (χ0n) is 19.7. The molecule has 3 aromatic carbocycles. The molecule has 1 aromatic heterocycles. The van der Waals surface area contributed by atoms with Crippen molar-refractivity contribution in [3.63, 3.8) is 0 Å². The van der Waals surface area contributed by atoms with E-state index in [1.54, 1.807) is 48.5 Å². The van der Waals surface area contributed by atoms with E-state index >= 15 is 0 Å². The lowest BCUT2D eigenvalue weighted by atomic mass is 9.94. The van der Waals surface area contributed by atoms with E-state index in [0.29, 0.717) is 23.1 Å². The van der Waals surface area contributed by atoms with Crippen LogP contribution < -0.4 is 11.1 Å². The van der Waals surface area contributed by atoms with Crippen LogP contribution in [0, 0.1) is 0 Å². The normalized spacial score (nSPS) is 14.3. The average Bonchev–Trinajstić information content (AvgIpc) is 3.32. The van der Waals surface area contributed by atoms with Crippen LogP contribution in [0.5, 0.6) is 0 Å². The first-order chi connectivity index (χ1) is 17.2. The van der Waals surface area contributed by atoms with E-state index in [4.69, 9.17) is 10.2 Å². The van der Waals surface area contributed by atoms with Crippen molar-refractivity contribution in [3.05, 3.63) is 102 Å². The van der Waals surface area contributed by atoms with Crippen molar-refractivity contribution >= 4 is 26.8 Å². The van der Waals surface area contributed by atoms with E-state index in [1.807, 2.05) is 36.4 Å². The first-order valence-corrected chi connectivity index (χ1v) is 13.4. The van der Waals surface area contributed by atoms with E-state index in [-0.39, 0.29) is 24.6 Å². The Morgan fingerprint density at radius 1 is 0.972 bits per heavy atom. The van der Waals surface area contributed by atoms with Gasteiger partial charge in [-0.25, -0.2) is 13.4 Å². The highest BCUT2D eigenvalue weighted by Gasteiger charge is 2.36. The molecular formula is C27H29N3O5S. The number of para-hydroxylation sites is 2. The Morgan fingerprint density at radius 3 is 2.25 bits per heavy atom. The first-order valence-electron chi connectivity index (χ1n) is 11.7. The molecule has 0 aliphatic rings. The molecule has 0 radical (unpaired) electrons. The van der Waals surface area contributed by atoms with Crippen molar-refractivity contribution in [1.29, 1.82) is 0 Å². The third-order valence-electron chi connectivity index (χ3n) is 6.00. The summed E-state index contributed by atoms with van der Waals surface area (Å²) in [6.07, 6.45) is 0.302. The summed E-state index contributed by atoms with van der Waals surface area (Å²) < 4.78 is 31.1. The predicted octanol–water partition coefficient (Wildman–Crippen LogP) is 3.05. The Morgan fingerprint density at radius 2 is 1.58 bits per heavy atom. The van der Waals surface area contributed by atoms with Gasteiger partial charge < -0.3 is 20.6 Å². The topological polar surface area (TPSA) is 136 Å². The summed E-state index contributed by atoms with van der Waals surface area (Å²) in [4.78, 5) is 17.1. The molecule has 0 aliphatic carbocycles. The van der Waals surface area contributed by atoms with E-state index in [0.717, 1.165) is 5.56 Å². The second kappa shape index (κ2) is 11.0. The molecule has 8 nitrogen and oxygen atoms in total. The highest BCUT2D eigenvalue weighted by Crippen LogP contribution is 2.29. The maximum atomic E-state index is 12.7. The molecule has 0 fully saturated rings. The number of amides is 1. The van der Waals surface area contributed by atoms with Crippen LogP contribution >= 0.6 is 0 Å². The van der Waals surface area contributed by atoms with Crippen molar-refractivity contribution in [2.45, 2.75) is 36.0 Å². The SMILES string of the molecule is NC(CC(=O)NCC(O)(CCc1ccccc1)c1nc2ccccc2o1)S(=O)(=O)Cc1ccccc1. The van der Waals surface area contributed by atoms with E-state index < -0.39 is 33.1 Å². The van der Waals surface area contributed by atoms with E-state index in [2.05, 4.69) is 10.3 Å². The summed E-state index contributed by atoms with van der Waals surface area (Å²) in [5, 5.41) is 12.8. The summed E-state index contributed by atoms with van der Waals surface area (Å²) in [6.45, 7) is -0.211. The number of nitrogens with one attached hydrogen (secondary N) is 1. The van der Waals surface area contributed by atoms with Gasteiger partial charge in [-0.15, -0.1) is 0 Å². The van der Waals surface area contributed by atoms with Gasteiger partial charge in [0, 0.05) is 0 Å².